The molecule has 0 fully saturated rings. The van der Waals surface area contributed by atoms with Gasteiger partial charge in [0, 0.05) is 0 Å². The van der Waals surface area contributed by atoms with E-state index in [1.807, 2.05) is 6.08 Å². The molecule has 2 heteroatoms. The van der Waals surface area contributed by atoms with Crippen molar-refractivity contribution in [1.29, 1.82) is 0 Å². The third-order valence-electron chi connectivity index (χ3n) is 2.86. The summed E-state index contributed by atoms with van der Waals surface area (Å²) in [4.78, 5) is 0. The number of hydrogen-bond donors (Lipinski definition) is 1. The fourth-order valence-electron chi connectivity index (χ4n) is 1.86. The van der Waals surface area contributed by atoms with E-state index in [4.69, 9.17) is 4.74 Å². The lowest BCUT2D eigenvalue weighted by molar-refractivity contribution is -0.646. The minimum atomic E-state index is 0.119. The molecular formula is C16H26NO+. The summed E-state index contributed by atoms with van der Waals surface area (Å²) in [5.41, 5.74) is 2.64. The van der Waals surface area contributed by atoms with Crippen molar-refractivity contribution in [2.45, 2.75) is 33.1 Å². The zero-order chi connectivity index (χ0) is 13.6. The summed E-state index contributed by atoms with van der Waals surface area (Å²) < 4.78 is 5.93. The smallest absolute Gasteiger partial charge is 0.137 e. The second kappa shape index (κ2) is 6.60. The molecule has 2 N–H and O–H groups in total. The van der Waals surface area contributed by atoms with Crippen LogP contribution in [0.5, 0.6) is 5.75 Å². The van der Waals surface area contributed by atoms with Gasteiger partial charge in [0.25, 0.3) is 0 Å². The predicted octanol–water partition coefficient (Wildman–Crippen LogP) is 2.42. The zero-order valence-corrected chi connectivity index (χ0v) is 12.1. The van der Waals surface area contributed by atoms with E-state index < -0.39 is 0 Å². The van der Waals surface area contributed by atoms with Crippen molar-refractivity contribution in [2.24, 2.45) is 0 Å². The molecule has 0 spiro atoms. The van der Waals surface area contributed by atoms with Crippen molar-refractivity contribution in [3.63, 3.8) is 0 Å². The lowest BCUT2D eigenvalue weighted by atomic mass is 9.86. The van der Waals surface area contributed by atoms with E-state index in [1.54, 1.807) is 0 Å². The standard InChI is InChI=1S/C16H25NO/c1-6-9-17-10-11-18-15-12-13(2)7-8-14(15)16(3,4)5/h6-8,12,17H,1,9-11H2,2-5H3/p+1. The van der Waals surface area contributed by atoms with Gasteiger partial charge in [0.2, 0.25) is 0 Å². The van der Waals surface area contributed by atoms with Gasteiger partial charge in [0.15, 0.2) is 0 Å². The highest BCUT2D eigenvalue weighted by atomic mass is 16.5. The van der Waals surface area contributed by atoms with Crippen LogP contribution in [0.3, 0.4) is 0 Å². The molecule has 100 valence electrons. The van der Waals surface area contributed by atoms with Crippen molar-refractivity contribution >= 4 is 0 Å². The Kier molecular flexibility index (Phi) is 5.42. The van der Waals surface area contributed by atoms with Crippen molar-refractivity contribution in [3.8, 4) is 5.75 Å². The predicted molar refractivity (Wildman–Crippen MR) is 77.2 cm³/mol. The first-order chi connectivity index (χ1) is 8.45. The van der Waals surface area contributed by atoms with E-state index >= 15 is 0 Å². The molecule has 1 aromatic rings. The lowest BCUT2D eigenvalue weighted by Crippen LogP contribution is -2.85. The average Bonchev–Trinajstić information content (AvgIpc) is 2.27. The lowest BCUT2D eigenvalue weighted by Gasteiger charge is -2.23. The highest BCUT2D eigenvalue weighted by Crippen LogP contribution is 2.31. The molecule has 0 amide bonds. The Morgan fingerprint density at radius 3 is 2.67 bits per heavy atom. The number of nitrogens with two attached hydrogens (primary N) is 1. The van der Waals surface area contributed by atoms with Crippen LogP contribution in [0.1, 0.15) is 31.9 Å². The Morgan fingerprint density at radius 1 is 1.33 bits per heavy atom. The van der Waals surface area contributed by atoms with Crippen LogP contribution < -0.4 is 10.1 Å². The van der Waals surface area contributed by atoms with Crippen LogP contribution in [-0.4, -0.2) is 19.7 Å². The molecule has 18 heavy (non-hydrogen) atoms. The summed E-state index contributed by atoms with van der Waals surface area (Å²) in [6.07, 6.45) is 1.91. The molecular weight excluding hydrogens is 222 g/mol. The third kappa shape index (κ3) is 4.53. The van der Waals surface area contributed by atoms with Gasteiger partial charge in [-0.25, -0.2) is 0 Å². The quantitative estimate of drug-likeness (QED) is 0.607. The second-order valence-electron chi connectivity index (χ2n) is 5.70. The Bertz CT molecular complexity index is 391. The van der Waals surface area contributed by atoms with Crippen LogP contribution in [0.4, 0.5) is 0 Å². The molecule has 0 aliphatic rings. The molecule has 0 aromatic heterocycles. The molecule has 0 heterocycles. The highest BCUT2D eigenvalue weighted by Gasteiger charge is 2.18. The largest absolute Gasteiger partial charge is 0.487 e. The number of hydrogen-bond acceptors (Lipinski definition) is 1. The minimum absolute atomic E-state index is 0.119. The summed E-state index contributed by atoms with van der Waals surface area (Å²) in [6, 6.07) is 6.46. The second-order valence-corrected chi connectivity index (χ2v) is 5.70. The van der Waals surface area contributed by atoms with Crippen LogP contribution in [0.15, 0.2) is 30.9 Å². The number of benzene rings is 1. The topological polar surface area (TPSA) is 25.8 Å². The van der Waals surface area contributed by atoms with Crippen molar-refractivity contribution < 1.29 is 10.1 Å². The maximum absolute atomic E-state index is 5.93. The normalized spacial score (nSPS) is 11.3. The number of rotatable bonds is 6. The molecule has 0 saturated carbocycles. The Hall–Kier alpha value is -1.28. The van der Waals surface area contributed by atoms with Gasteiger partial charge >= 0.3 is 0 Å². The summed E-state index contributed by atoms with van der Waals surface area (Å²) in [5, 5.41) is 2.19. The van der Waals surface area contributed by atoms with E-state index in [0.717, 1.165) is 25.4 Å². The van der Waals surface area contributed by atoms with Crippen molar-refractivity contribution in [2.75, 3.05) is 19.7 Å². The molecule has 0 radical (unpaired) electrons. The average molecular weight is 248 g/mol. The van der Waals surface area contributed by atoms with Crippen LogP contribution in [-0.2, 0) is 5.41 Å². The molecule has 2 nitrogen and oxygen atoms in total. The van der Waals surface area contributed by atoms with Crippen molar-refractivity contribution in [1.82, 2.24) is 0 Å². The van der Waals surface area contributed by atoms with Crippen LogP contribution in [0.25, 0.3) is 0 Å². The molecule has 1 rings (SSSR count). The van der Waals surface area contributed by atoms with Crippen LogP contribution in [0, 0.1) is 6.92 Å². The number of quaternary nitrogens is 1. The van der Waals surface area contributed by atoms with Crippen LogP contribution >= 0.6 is 0 Å². The molecule has 0 bridgehead atoms. The minimum Gasteiger partial charge on any atom is -0.487 e. The molecule has 0 unspecified atom stereocenters. The first-order valence-corrected chi connectivity index (χ1v) is 6.61. The van der Waals surface area contributed by atoms with E-state index in [2.05, 4.69) is 57.8 Å². The Balaban J connectivity index is 2.68. The fraction of sp³-hybridized carbons (Fsp3) is 0.500. The first-order valence-electron chi connectivity index (χ1n) is 6.61. The van der Waals surface area contributed by atoms with Gasteiger partial charge in [-0.1, -0.05) is 39.5 Å². The van der Waals surface area contributed by atoms with E-state index in [-0.39, 0.29) is 5.41 Å². The zero-order valence-electron chi connectivity index (χ0n) is 12.1. The Labute approximate surface area is 111 Å². The van der Waals surface area contributed by atoms with Gasteiger partial charge in [-0.05, 0) is 35.6 Å². The van der Waals surface area contributed by atoms with Crippen molar-refractivity contribution in [3.05, 3.63) is 42.0 Å². The number of ether oxygens (including phenoxy) is 1. The van der Waals surface area contributed by atoms with Gasteiger partial charge in [-0.15, -0.1) is 0 Å². The summed E-state index contributed by atoms with van der Waals surface area (Å²) in [5.74, 6) is 1.02. The first kappa shape index (κ1) is 14.8. The monoisotopic (exact) mass is 248 g/mol. The molecule has 1 aromatic carbocycles. The molecule has 0 aliphatic carbocycles. The maximum Gasteiger partial charge on any atom is 0.137 e. The van der Waals surface area contributed by atoms with Gasteiger partial charge < -0.3 is 10.1 Å². The van der Waals surface area contributed by atoms with Gasteiger partial charge in [-0.3, -0.25) is 0 Å². The molecule has 0 aliphatic heterocycles. The summed E-state index contributed by atoms with van der Waals surface area (Å²) in [7, 11) is 0. The summed E-state index contributed by atoms with van der Waals surface area (Å²) in [6.45, 7) is 15.1. The Morgan fingerprint density at radius 2 is 2.06 bits per heavy atom. The van der Waals surface area contributed by atoms with E-state index in [0.29, 0.717) is 0 Å². The highest BCUT2D eigenvalue weighted by molar-refractivity contribution is 5.41. The van der Waals surface area contributed by atoms with Gasteiger partial charge in [-0.2, -0.15) is 0 Å². The van der Waals surface area contributed by atoms with Gasteiger partial charge in [0.05, 0.1) is 6.54 Å². The summed E-state index contributed by atoms with van der Waals surface area (Å²) >= 11 is 0. The third-order valence-corrected chi connectivity index (χ3v) is 2.86. The van der Waals surface area contributed by atoms with E-state index in [1.165, 1.54) is 11.1 Å². The van der Waals surface area contributed by atoms with E-state index in [9.17, 15) is 0 Å². The fourth-order valence-corrected chi connectivity index (χ4v) is 1.86. The SMILES string of the molecule is C=CC[NH2+]CCOc1cc(C)ccc1C(C)(C)C. The molecule has 0 atom stereocenters. The molecule has 0 saturated heterocycles. The van der Waals surface area contributed by atoms with Gasteiger partial charge in [0.1, 0.15) is 18.9 Å². The van der Waals surface area contributed by atoms with Crippen LogP contribution in [0.2, 0.25) is 0 Å². The maximum atomic E-state index is 5.93. The number of aryl methyl sites for hydroxylation is 1.